The second-order valence-electron chi connectivity index (χ2n) is 7.84. The lowest BCUT2D eigenvalue weighted by atomic mass is 9.86. The Morgan fingerprint density at radius 3 is 2.33 bits per heavy atom. The van der Waals surface area contributed by atoms with Crippen molar-refractivity contribution in [1.29, 1.82) is 0 Å². The molecule has 27 heavy (non-hydrogen) atoms. The first-order chi connectivity index (χ1) is 13.2. The zero-order valence-electron chi connectivity index (χ0n) is 15.7. The maximum absolute atomic E-state index is 12.1. The van der Waals surface area contributed by atoms with Crippen molar-refractivity contribution < 1.29 is 9.90 Å². The number of carbonyl (C=O) groups is 1. The molecule has 2 heterocycles. The molecule has 0 aliphatic carbocycles. The second kappa shape index (κ2) is 8.13. The summed E-state index contributed by atoms with van der Waals surface area (Å²) in [5, 5.41) is 12.5. The Bertz CT molecular complexity index is 752. The summed E-state index contributed by atoms with van der Waals surface area (Å²) in [5.41, 5.74) is 2.64. The molecule has 1 unspecified atom stereocenters. The molecule has 2 saturated heterocycles. The molecule has 2 atom stereocenters. The average Bonchev–Trinajstić information content (AvgIpc) is 3.12. The minimum absolute atomic E-state index is 0.130. The molecule has 0 aromatic heterocycles. The van der Waals surface area contributed by atoms with Gasteiger partial charge in [0.25, 0.3) is 0 Å². The lowest BCUT2D eigenvalue weighted by Crippen LogP contribution is -2.37. The van der Waals surface area contributed by atoms with Crippen LogP contribution in [0.2, 0.25) is 0 Å². The molecule has 2 aliphatic rings. The van der Waals surface area contributed by atoms with Crippen LogP contribution in [0.1, 0.15) is 48.8 Å². The second-order valence-corrected chi connectivity index (χ2v) is 7.84. The van der Waals surface area contributed by atoms with Crippen LogP contribution in [0.4, 0.5) is 0 Å². The summed E-state index contributed by atoms with van der Waals surface area (Å²) in [6, 6.07) is 18.6. The number of likely N-dealkylation sites (tertiary alicyclic amines) is 1. The maximum Gasteiger partial charge on any atom is 0.223 e. The Balaban J connectivity index is 1.46. The van der Waals surface area contributed by atoms with Crippen molar-refractivity contribution in [2.24, 2.45) is 5.92 Å². The highest BCUT2D eigenvalue weighted by atomic mass is 16.3. The Kier molecular flexibility index (Phi) is 5.44. The summed E-state index contributed by atoms with van der Waals surface area (Å²) in [4.78, 5) is 14.7. The zero-order chi connectivity index (χ0) is 18.6. The van der Waals surface area contributed by atoms with Gasteiger partial charge in [0.15, 0.2) is 0 Å². The molecule has 1 amide bonds. The molecule has 4 rings (SSSR count). The largest absolute Gasteiger partial charge is 0.508 e. The number of aromatic hydroxyl groups is 1. The number of phenolic OH excluding ortho intramolecular Hbond substituents is 1. The molecule has 4 heteroatoms. The number of amides is 1. The molecule has 2 aromatic carbocycles. The first-order valence-corrected chi connectivity index (χ1v) is 10.1. The van der Waals surface area contributed by atoms with Gasteiger partial charge in [0.2, 0.25) is 5.91 Å². The fourth-order valence-corrected chi connectivity index (χ4v) is 4.60. The van der Waals surface area contributed by atoms with Crippen molar-refractivity contribution in [2.75, 3.05) is 19.6 Å². The number of nitrogens with zero attached hydrogens (tertiary/aromatic N) is 1. The van der Waals surface area contributed by atoms with Gasteiger partial charge in [-0.3, -0.25) is 9.69 Å². The number of phenols is 1. The quantitative estimate of drug-likeness (QED) is 0.848. The van der Waals surface area contributed by atoms with E-state index in [9.17, 15) is 9.90 Å². The van der Waals surface area contributed by atoms with Crippen LogP contribution in [0.3, 0.4) is 0 Å². The normalized spacial score (nSPS) is 22.5. The van der Waals surface area contributed by atoms with Crippen molar-refractivity contribution in [2.45, 2.75) is 37.6 Å². The van der Waals surface area contributed by atoms with Gasteiger partial charge in [0.1, 0.15) is 5.75 Å². The summed E-state index contributed by atoms with van der Waals surface area (Å²) in [5.74, 6) is 1.23. The maximum atomic E-state index is 12.1. The summed E-state index contributed by atoms with van der Waals surface area (Å²) >= 11 is 0. The number of hydrogen-bond donors (Lipinski definition) is 2. The molecule has 2 aliphatic heterocycles. The third-order valence-corrected chi connectivity index (χ3v) is 6.19. The predicted octanol–water partition coefficient (Wildman–Crippen LogP) is 3.84. The van der Waals surface area contributed by atoms with Crippen LogP contribution in [-0.4, -0.2) is 35.5 Å². The van der Waals surface area contributed by atoms with Crippen molar-refractivity contribution in [3.05, 3.63) is 65.7 Å². The fraction of sp³-hybridized carbons (Fsp3) is 0.435. The summed E-state index contributed by atoms with van der Waals surface area (Å²) < 4.78 is 0. The van der Waals surface area contributed by atoms with Crippen LogP contribution < -0.4 is 5.32 Å². The lowest BCUT2D eigenvalue weighted by Gasteiger charge is -2.39. The van der Waals surface area contributed by atoms with Gasteiger partial charge in [-0.1, -0.05) is 42.5 Å². The van der Waals surface area contributed by atoms with E-state index in [0.29, 0.717) is 17.7 Å². The number of carbonyl (C=O) groups excluding carboxylic acids is 1. The van der Waals surface area contributed by atoms with Gasteiger partial charge in [0, 0.05) is 18.5 Å². The van der Waals surface area contributed by atoms with Gasteiger partial charge >= 0.3 is 0 Å². The number of rotatable bonds is 5. The number of hydrogen-bond acceptors (Lipinski definition) is 3. The number of piperidine rings is 1. The van der Waals surface area contributed by atoms with Crippen LogP contribution in [-0.2, 0) is 4.79 Å². The predicted molar refractivity (Wildman–Crippen MR) is 107 cm³/mol. The van der Waals surface area contributed by atoms with Crippen LogP contribution in [0, 0.1) is 5.92 Å². The molecule has 0 spiro atoms. The van der Waals surface area contributed by atoms with E-state index in [4.69, 9.17) is 0 Å². The van der Waals surface area contributed by atoms with Gasteiger partial charge in [0.05, 0.1) is 0 Å². The van der Waals surface area contributed by atoms with Gasteiger partial charge in [-0.25, -0.2) is 0 Å². The van der Waals surface area contributed by atoms with Crippen LogP contribution in [0.5, 0.6) is 5.75 Å². The molecule has 2 aromatic rings. The Labute approximate surface area is 161 Å². The minimum atomic E-state index is 0.130. The topological polar surface area (TPSA) is 52.6 Å². The van der Waals surface area contributed by atoms with E-state index < -0.39 is 0 Å². The molecule has 0 radical (unpaired) electrons. The first kappa shape index (κ1) is 18.1. The molecule has 0 saturated carbocycles. The highest BCUT2D eigenvalue weighted by Gasteiger charge is 2.32. The van der Waals surface area contributed by atoms with Crippen molar-refractivity contribution in [3.63, 3.8) is 0 Å². The monoisotopic (exact) mass is 364 g/mol. The van der Waals surface area contributed by atoms with E-state index >= 15 is 0 Å². The van der Waals surface area contributed by atoms with E-state index in [1.54, 1.807) is 12.1 Å². The third kappa shape index (κ3) is 4.16. The van der Waals surface area contributed by atoms with Crippen LogP contribution in [0.15, 0.2) is 54.6 Å². The lowest BCUT2D eigenvalue weighted by molar-refractivity contribution is -0.123. The smallest absolute Gasteiger partial charge is 0.223 e. The Morgan fingerprint density at radius 2 is 1.70 bits per heavy atom. The molecule has 0 bridgehead atoms. The molecular formula is C23H28N2O2. The van der Waals surface area contributed by atoms with E-state index in [1.807, 2.05) is 12.1 Å². The first-order valence-electron chi connectivity index (χ1n) is 10.1. The third-order valence-electron chi connectivity index (χ3n) is 6.19. The summed E-state index contributed by atoms with van der Waals surface area (Å²) in [6.45, 7) is 2.90. The van der Waals surface area contributed by atoms with Crippen LogP contribution >= 0.6 is 0 Å². The van der Waals surface area contributed by atoms with E-state index in [0.717, 1.165) is 45.3 Å². The highest BCUT2D eigenvalue weighted by Crippen LogP contribution is 2.36. The standard InChI is InChI=1S/C23H28N2O2/c26-21-8-6-17(7-9-21)18-11-14-25(15-12-18)22(19-4-2-1-3-5-19)16-20-10-13-24-23(20)27/h1-9,18,20,22,26H,10-16H2,(H,24,27)/t20?,22-/m0/s1. The number of benzene rings is 2. The average molecular weight is 364 g/mol. The van der Waals surface area contributed by atoms with Gasteiger partial charge in [-0.05, 0) is 68.0 Å². The van der Waals surface area contributed by atoms with E-state index in [-0.39, 0.29) is 11.8 Å². The van der Waals surface area contributed by atoms with Gasteiger partial charge in [-0.2, -0.15) is 0 Å². The van der Waals surface area contributed by atoms with Crippen LogP contribution in [0.25, 0.3) is 0 Å². The number of nitrogens with one attached hydrogen (secondary N) is 1. The van der Waals surface area contributed by atoms with Crippen molar-refractivity contribution in [1.82, 2.24) is 10.2 Å². The minimum Gasteiger partial charge on any atom is -0.508 e. The fourth-order valence-electron chi connectivity index (χ4n) is 4.60. The Morgan fingerprint density at radius 1 is 1.00 bits per heavy atom. The molecule has 142 valence electrons. The Hall–Kier alpha value is -2.33. The zero-order valence-corrected chi connectivity index (χ0v) is 15.7. The molecule has 2 N–H and O–H groups in total. The van der Waals surface area contributed by atoms with Gasteiger partial charge in [-0.15, -0.1) is 0 Å². The molecule has 4 nitrogen and oxygen atoms in total. The van der Waals surface area contributed by atoms with Gasteiger partial charge < -0.3 is 10.4 Å². The van der Waals surface area contributed by atoms with Crippen molar-refractivity contribution in [3.8, 4) is 5.75 Å². The molecular weight excluding hydrogens is 336 g/mol. The summed E-state index contributed by atoms with van der Waals surface area (Å²) in [7, 11) is 0. The SMILES string of the molecule is O=C1NCCC1C[C@@H](c1ccccc1)N1CCC(c2ccc(O)cc2)CC1. The summed E-state index contributed by atoms with van der Waals surface area (Å²) in [6.07, 6.45) is 4.09. The van der Waals surface area contributed by atoms with E-state index in [2.05, 4.69) is 40.5 Å². The van der Waals surface area contributed by atoms with E-state index in [1.165, 1.54) is 11.1 Å². The van der Waals surface area contributed by atoms with Crippen molar-refractivity contribution >= 4 is 5.91 Å². The highest BCUT2D eigenvalue weighted by molar-refractivity contribution is 5.80. The molecule has 2 fully saturated rings.